The minimum absolute atomic E-state index is 0.0776. The van der Waals surface area contributed by atoms with E-state index in [0.29, 0.717) is 17.9 Å². The molecule has 3 rings (SSSR count). The third kappa shape index (κ3) is 2.77. The van der Waals surface area contributed by atoms with Crippen molar-refractivity contribution in [2.75, 3.05) is 13.2 Å². The van der Waals surface area contributed by atoms with Crippen molar-refractivity contribution in [1.82, 2.24) is 5.32 Å². The molecule has 1 aromatic carbocycles. The Balaban J connectivity index is 1.66. The van der Waals surface area contributed by atoms with Gasteiger partial charge in [0.05, 0.1) is 12.7 Å². The first kappa shape index (κ1) is 12.9. The van der Waals surface area contributed by atoms with Crippen LogP contribution in [0.3, 0.4) is 0 Å². The minimum Gasteiger partial charge on any atom is -0.493 e. The van der Waals surface area contributed by atoms with Crippen LogP contribution < -0.4 is 10.1 Å². The van der Waals surface area contributed by atoms with Crippen LogP contribution >= 0.6 is 0 Å². The van der Waals surface area contributed by atoms with E-state index in [2.05, 4.69) is 30.4 Å². The summed E-state index contributed by atoms with van der Waals surface area (Å²) in [4.78, 5) is 0. The zero-order chi connectivity index (χ0) is 13.2. The van der Waals surface area contributed by atoms with E-state index in [-0.39, 0.29) is 6.10 Å². The highest BCUT2D eigenvalue weighted by molar-refractivity contribution is 5.37. The second-order valence-electron chi connectivity index (χ2n) is 6.04. The second-order valence-corrected chi connectivity index (χ2v) is 6.04. The summed E-state index contributed by atoms with van der Waals surface area (Å²) in [5.41, 5.74) is 1.28. The first-order chi connectivity index (χ1) is 9.24. The van der Waals surface area contributed by atoms with Gasteiger partial charge in [0.1, 0.15) is 5.75 Å². The lowest BCUT2D eigenvalue weighted by atomic mass is 9.91. The topological polar surface area (TPSA) is 41.5 Å². The SMILES string of the molecule is CC1COc2ccccc2C1NCC1CCC(O)C1. The average molecular weight is 261 g/mol. The number of nitrogens with one attached hydrogen (secondary N) is 1. The van der Waals surface area contributed by atoms with Crippen molar-refractivity contribution in [3.8, 4) is 5.75 Å². The highest BCUT2D eigenvalue weighted by Gasteiger charge is 2.29. The molecule has 104 valence electrons. The molecule has 1 aromatic rings. The summed E-state index contributed by atoms with van der Waals surface area (Å²) in [6.45, 7) is 4.01. The van der Waals surface area contributed by atoms with Crippen molar-refractivity contribution >= 4 is 0 Å². The summed E-state index contributed by atoms with van der Waals surface area (Å²) in [5.74, 6) is 2.13. The van der Waals surface area contributed by atoms with Crippen LogP contribution in [0.1, 0.15) is 37.8 Å². The second kappa shape index (κ2) is 5.51. The van der Waals surface area contributed by atoms with Gasteiger partial charge in [-0.2, -0.15) is 0 Å². The number of benzene rings is 1. The van der Waals surface area contributed by atoms with Gasteiger partial charge in [0.15, 0.2) is 0 Å². The molecule has 0 aromatic heterocycles. The highest BCUT2D eigenvalue weighted by atomic mass is 16.5. The molecule has 1 aliphatic carbocycles. The van der Waals surface area contributed by atoms with Crippen LogP contribution in [0.15, 0.2) is 24.3 Å². The van der Waals surface area contributed by atoms with E-state index >= 15 is 0 Å². The van der Waals surface area contributed by atoms with Crippen LogP contribution in [0, 0.1) is 11.8 Å². The van der Waals surface area contributed by atoms with E-state index in [1.165, 1.54) is 5.56 Å². The van der Waals surface area contributed by atoms with Crippen molar-refractivity contribution in [3.05, 3.63) is 29.8 Å². The maximum Gasteiger partial charge on any atom is 0.124 e. The zero-order valence-corrected chi connectivity index (χ0v) is 11.5. The normalized spacial score (nSPS) is 33.8. The summed E-state index contributed by atoms with van der Waals surface area (Å²) >= 11 is 0. The maximum absolute atomic E-state index is 9.60. The summed E-state index contributed by atoms with van der Waals surface area (Å²) < 4.78 is 5.77. The van der Waals surface area contributed by atoms with Gasteiger partial charge in [-0.3, -0.25) is 0 Å². The molecule has 0 amide bonds. The molecule has 3 heteroatoms. The number of aliphatic hydroxyl groups excluding tert-OH is 1. The van der Waals surface area contributed by atoms with E-state index in [1.54, 1.807) is 0 Å². The Morgan fingerprint density at radius 3 is 2.95 bits per heavy atom. The van der Waals surface area contributed by atoms with E-state index in [0.717, 1.165) is 38.2 Å². The third-order valence-electron chi connectivity index (χ3n) is 4.46. The molecular weight excluding hydrogens is 238 g/mol. The monoisotopic (exact) mass is 261 g/mol. The lowest BCUT2D eigenvalue weighted by Gasteiger charge is -2.33. The van der Waals surface area contributed by atoms with Gasteiger partial charge in [-0.05, 0) is 37.8 Å². The predicted octanol–water partition coefficient (Wildman–Crippen LogP) is 2.51. The molecule has 0 spiro atoms. The van der Waals surface area contributed by atoms with Gasteiger partial charge in [0, 0.05) is 17.5 Å². The molecule has 4 unspecified atom stereocenters. The molecule has 0 radical (unpaired) electrons. The molecule has 2 N–H and O–H groups in total. The Morgan fingerprint density at radius 1 is 1.32 bits per heavy atom. The van der Waals surface area contributed by atoms with Gasteiger partial charge in [-0.15, -0.1) is 0 Å². The van der Waals surface area contributed by atoms with E-state index < -0.39 is 0 Å². The molecule has 0 saturated heterocycles. The molecule has 1 saturated carbocycles. The van der Waals surface area contributed by atoms with Gasteiger partial charge in [-0.25, -0.2) is 0 Å². The van der Waals surface area contributed by atoms with Crippen LogP contribution in [0.5, 0.6) is 5.75 Å². The summed E-state index contributed by atoms with van der Waals surface area (Å²) in [6.07, 6.45) is 2.98. The van der Waals surface area contributed by atoms with Crippen LogP contribution in [0.4, 0.5) is 0 Å². The number of hydrogen-bond donors (Lipinski definition) is 2. The van der Waals surface area contributed by atoms with Gasteiger partial charge < -0.3 is 15.2 Å². The number of aliphatic hydroxyl groups is 1. The van der Waals surface area contributed by atoms with Crippen molar-refractivity contribution in [1.29, 1.82) is 0 Å². The van der Waals surface area contributed by atoms with Crippen molar-refractivity contribution in [2.45, 2.75) is 38.3 Å². The van der Waals surface area contributed by atoms with Crippen molar-refractivity contribution in [2.24, 2.45) is 11.8 Å². The van der Waals surface area contributed by atoms with Crippen molar-refractivity contribution < 1.29 is 9.84 Å². The smallest absolute Gasteiger partial charge is 0.124 e. The number of fused-ring (bicyclic) bond motifs is 1. The molecule has 2 aliphatic rings. The number of rotatable bonds is 3. The Kier molecular flexibility index (Phi) is 3.76. The summed E-state index contributed by atoms with van der Waals surface area (Å²) in [5, 5.41) is 13.3. The predicted molar refractivity (Wildman–Crippen MR) is 75.2 cm³/mol. The minimum atomic E-state index is -0.0776. The quantitative estimate of drug-likeness (QED) is 0.878. The fourth-order valence-corrected chi connectivity index (χ4v) is 3.33. The van der Waals surface area contributed by atoms with Crippen LogP contribution in [-0.2, 0) is 0 Å². The fourth-order valence-electron chi connectivity index (χ4n) is 3.33. The Hall–Kier alpha value is -1.06. The fraction of sp³-hybridized carbons (Fsp3) is 0.625. The average Bonchev–Trinajstić information content (AvgIpc) is 2.83. The van der Waals surface area contributed by atoms with E-state index in [4.69, 9.17) is 4.74 Å². The molecule has 1 aliphatic heterocycles. The molecular formula is C16H23NO2. The molecule has 1 fully saturated rings. The lowest BCUT2D eigenvalue weighted by Crippen LogP contribution is -2.36. The molecule has 19 heavy (non-hydrogen) atoms. The first-order valence-electron chi connectivity index (χ1n) is 7.37. The van der Waals surface area contributed by atoms with Gasteiger partial charge in [0.25, 0.3) is 0 Å². The zero-order valence-electron chi connectivity index (χ0n) is 11.5. The van der Waals surface area contributed by atoms with Crippen LogP contribution in [0.2, 0.25) is 0 Å². The van der Waals surface area contributed by atoms with Gasteiger partial charge in [-0.1, -0.05) is 25.1 Å². The molecule has 1 heterocycles. The van der Waals surface area contributed by atoms with Gasteiger partial charge >= 0.3 is 0 Å². The Bertz CT molecular complexity index is 435. The molecule has 0 bridgehead atoms. The highest BCUT2D eigenvalue weighted by Crippen LogP contribution is 2.35. The number of para-hydroxylation sites is 1. The summed E-state index contributed by atoms with van der Waals surface area (Å²) in [7, 11) is 0. The first-order valence-corrected chi connectivity index (χ1v) is 7.37. The standard InChI is InChI=1S/C16H23NO2/c1-11-10-19-15-5-3-2-4-14(15)16(11)17-9-12-6-7-13(18)8-12/h2-5,11-13,16-18H,6-10H2,1H3. The number of hydrogen-bond acceptors (Lipinski definition) is 3. The van der Waals surface area contributed by atoms with E-state index in [1.807, 2.05) is 6.07 Å². The molecule has 3 nitrogen and oxygen atoms in total. The largest absolute Gasteiger partial charge is 0.493 e. The van der Waals surface area contributed by atoms with Crippen molar-refractivity contribution in [3.63, 3.8) is 0 Å². The van der Waals surface area contributed by atoms with Gasteiger partial charge in [0.2, 0.25) is 0 Å². The Labute approximate surface area is 115 Å². The van der Waals surface area contributed by atoms with E-state index in [9.17, 15) is 5.11 Å². The molecule has 4 atom stereocenters. The summed E-state index contributed by atoms with van der Waals surface area (Å²) in [6, 6.07) is 8.69. The maximum atomic E-state index is 9.60. The number of ether oxygens (including phenoxy) is 1. The Morgan fingerprint density at radius 2 is 2.16 bits per heavy atom. The van der Waals surface area contributed by atoms with Crippen LogP contribution in [0.25, 0.3) is 0 Å². The third-order valence-corrected chi connectivity index (χ3v) is 4.46. The lowest BCUT2D eigenvalue weighted by molar-refractivity contribution is 0.171. The van der Waals surface area contributed by atoms with Crippen LogP contribution in [-0.4, -0.2) is 24.4 Å².